The molecule has 0 aliphatic carbocycles. The maximum atomic E-state index is 6.97. The number of hydrogen-bond donors (Lipinski definition) is 1. The fourth-order valence-corrected chi connectivity index (χ4v) is 14.2. The molecule has 1 N–H and O–H groups in total. The highest BCUT2D eigenvalue weighted by Crippen LogP contribution is 2.45. The smallest absolute Gasteiger partial charge is 0.145 e. The lowest BCUT2D eigenvalue weighted by atomic mass is 9.96. The minimum atomic E-state index is -0.403. The van der Waals surface area contributed by atoms with Crippen molar-refractivity contribution in [2.45, 2.75) is 19.5 Å². The first kappa shape index (κ1) is 40.2. The Kier molecular flexibility index (Phi) is 8.50. The summed E-state index contributed by atoms with van der Waals surface area (Å²) in [6.45, 7) is 2.29. The predicted molar refractivity (Wildman–Crippen MR) is 309 cm³/mol. The molecule has 0 bridgehead atoms. The maximum absolute atomic E-state index is 6.97. The molecule has 5 heterocycles. The summed E-state index contributed by atoms with van der Waals surface area (Å²) in [7, 11) is 0. The van der Waals surface area contributed by atoms with Crippen molar-refractivity contribution in [3.05, 3.63) is 229 Å². The summed E-state index contributed by atoms with van der Waals surface area (Å²) in [5, 5.41) is 21.1. The zero-order valence-electron chi connectivity index (χ0n) is 39.0. The van der Waals surface area contributed by atoms with E-state index in [1.807, 2.05) is 22.7 Å². The third-order valence-corrected chi connectivity index (χ3v) is 17.7. The van der Waals surface area contributed by atoms with E-state index in [0.29, 0.717) is 6.42 Å². The van der Waals surface area contributed by atoms with Crippen LogP contribution in [0.2, 0.25) is 0 Å². The standard InChI is InChI=1S/C66H41N3OS2/c1-37-30-53(67-66(43-25-29-62-49(33-43)47-19-9-11-21-60(47)72-62)68-65(37)42-24-28-61-48(32-42)46-18-8-10-20-59(46)71-61)50-36-58-52(64-45-17-7-5-13-39(45)23-27-57(64)70-58)35-56(50)69-54-26-22-38-12-4-6-16-44(38)63(54)51-31-40-14-2-3-15-41(40)34-55(51)69/h2-29,31-36,66,68H,30H2,1H3. The molecule has 16 rings (SSSR count). The van der Waals surface area contributed by atoms with E-state index < -0.39 is 6.17 Å². The normalized spacial score (nSPS) is 14.7. The molecule has 15 aromatic rings. The first-order valence-electron chi connectivity index (χ1n) is 24.7. The Morgan fingerprint density at radius 3 is 1.83 bits per heavy atom. The van der Waals surface area contributed by atoms with E-state index >= 15 is 0 Å². The second kappa shape index (κ2) is 15.2. The highest BCUT2D eigenvalue weighted by atomic mass is 32.1. The van der Waals surface area contributed by atoms with Crippen LogP contribution in [0.3, 0.4) is 0 Å². The summed E-state index contributed by atoms with van der Waals surface area (Å²) in [6.07, 6.45) is 0.217. The van der Waals surface area contributed by atoms with Gasteiger partial charge in [0.2, 0.25) is 0 Å². The number of fused-ring (bicyclic) bond motifs is 17. The Morgan fingerprint density at radius 1 is 0.472 bits per heavy atom. The van der Waals surface area contributed by atoms with Gasteiger partial charge in [-0.25, -0.2) is 0 Å². The number of rotatable bonds is 4. The zero-order chi connectivity index (χ0) is 47.2. The van der Waals surface area contributed by atoms with Gasteiger partial charge in [0.25, 0.3) is 0 Å². The molecule has 0 saturated carbocycles. The van der Waals surface area contributed by atoms with Gasteiger partial charge in [0.1, 0.15) is 17.3 Å². The molecule has 11 aromatic carbocycles. The van der Waals surface area contributed by atoms with E-state index in [0.717, 1.165) is 66.8 Å². The van der Waals surface area contributed by atoms with Crippen LogP contribution in [0.4, 0.5) is 0 Å². The second-order valence-electron chi connectivity index (χ2n) is 19.5. The minimum Gasteiger partial charge on any atom is -0.456 e. The van der Waals surface area contributed by atoms with Crippen LogP contribution in [-0.4, -0.2) is 10.3 Å². The number of furan rings is 1. The maximum Gasteiger partial charge on any atom is 0.145 e. The lowest BCUT2D eigenvalue weighted by molar-refractivity contribution is 0.668. The van der Waals surface area contributed by atoms with Gasteiger partial charge in [-0.1, -0.05) is 133 Å². The zero-order valence-corrected chi connectivity index (χ0v) is 40.7. The summed E-state index contributed by atoms with van der Waals surface area (Å²) < 4.78 is 14.7. The number of thiophene rings is 2. The summed E-state index contributed by atoms with van der Waals surface area (Å²) in [5.74, 6) is 0. The monoisotopic (exact) mass is 955 g/mol. The molecule has 1 aliphatic heterocycles. The molecule has 1 atom stereocenters. The predicted octanol–water partition coefficient (Wildman–Crippen LogP) is 18.8. The second-order valence-corrected chi connectivity index (χ2v) is 21.6. The topological polar surface area (TPSA) is 42.5 Å². The van der Waals surface area contributed by atoms with Gasteiger partial charge in [0.15, 0.2) is 0 Å². The van der Waals surface area contributed by atoms with Crippen LogP contribution in [0.15, 0.2) is 221 Å². The van der Waals surface area contributed by atoms with Gasteiger partial charge in [-0.2, -0.15) is 0 Å². The lowest BCUT2D eigenvalue weighted by Crippen LogP contribution is -2.19. The van der Waals surface area contributed by atoms with Gasteiger partial charge >= 0.3 is 0 Å². The lowest BCUT2D eigenvalue weighted by Gasteiger charge is -2.20. The molecule has 338 valence electrons. The molecule has 0 saturated heterocycles. The number of nitrogens with zero attached hydrogens (tertiary/aromatic N) is 2. The number of aliphatic imine (C=N–C) groups is 1. The van der Waals surface area contributed by atoms with Crippen molar-refractivity contribution in [3.63, 3.8) is 0 Å². The summed E-state index contributed by atoms with van der Waals surface area (Å²) in [4.78, 5) is 5.97. The number of hydrogen-bond acceptors (Lipinski definition) is 5. The van der Waals surface area contributed by atoms with E-state index in [1.54, 1.807) is 0 Å². The molecule has 6 heteroatoms. The Balaban J connectivity index is 1.01. The quantitative estimate of drug-likeness (QED) is 0.191. The van der Waals surface area contributed by atoms with Crippen molar-refractivity contribution in [1.29, 1.82) is 0 Å². The minimum absolute atomic E-state index is 0.403. The molecule has 0 spiro atoms. The summed E-state index contributed by atoms with van der Waals surface area (Å²) in [5.41, 5.74) is 11.7. The van der Waals surface area contributed by atoms with Crippen LogP contribution < -0.4 is 5.32 Å². The molecular weight excluding hydrogens is 915 g/mol. The Labute approximate surface area is 421 Å². The number of nitrogens with one attached hydrogen (secondary N) is 1. The Bertz CT molecular complexity index is 4900. The van der Waals surface area contributed by atoms with Crippen molar-refractivity contribution in [3.8, 4) is 5.69 Å². The van der Waals surface area contributed by atoms with Gasteiger partial charge in [-0.15, -0.1) is 22.7 Å². The van der Waals surface area contributed by atoms with Crippen LogP contribution in [-0.2, 0) is 0 Å². The highest BCUT2D eigenvalue weighted by molar-refractivity contribution is 7.26. The number of benzene rings is 11. The SMILES string of the molecule is CC1=C(c2ccc3sc4ccccc4c3c2)NC(c2ccc3sc4ccccc4c3c2)N=C(c2cc3oc4ccc5ccccc5c4c3cc2-n2c3cc4ccccc4cc3c3c4ccccc4ccc32)C1. The molecule has 72 heavy (non-hydrogen) atoms. The van der Waals surface area contributed by atoms with E-state index in [2.05, 4.69) is 223 Å². The molecule has 1 unspecified atom stereocenters. The number of allylic oxidation sites excluding steroid dienone is 1. The van der Waals surface area contributed by atoms with Crippen molar-refractivity contribution in [1.82, 2.24) is 9.88 Å². The average Bonchev–Trinajstić information content (AvgIpc) is 4.16. The fraction of sp³-hybridized carbons (Fsp3) is 0.0455. The first-order valence-corrected chi connectivity index (χ1v) is 26.3. The molecular formula is C66H41N3OS2. The molecule has 1 aliphatic rings. The van der Waals surface area contributed by atoms with E-state index in [4.69, 9.17) is 9.41 Å². The molecule has 0 radical (unpaired) electrons. The largest absolute Gasteiger partial charge is 0.456 e. The first-order chi connectivity index (χ1) is 35.6. The van der Waals surface area contributed by atoms with Gasteiger partial charge in [0, 0.05) is 79.6 Å². The van der Waals surface area contributed by atoms with E-state index in [9.17, 15) is 0 Å². The van der Waals surface area contributed by atoms with Gasteiger partial charge in [0.05, 0.1) is 22.4 Å². The van der Waals surface area contributed by atoms with Crippen molar-refractivity contribution >= 4 is 150 Å². The highest BCUT2D eigenvalue weighted by Gasteiger charge is 2.27. The van der Waals surface area contributed by atoms with Gasteiger partial charge in [-0.05, 0) is 129 Å². The Hall–Kier alpha value is -8.55. The average molecular weight is 956 g/mol. The van der Waals surface area contributed by atoms with Crippen LogP contribution in [0.1, 0.15) is 36.2 Å². The molecule has 0 fully saturated rings. The molecule has 0 amide bonds. The van der Waals surface area contributed by atoms with Crippen LogP contribution in [0.5, 0.6) is 0 Å². The van der Waals surface area contributed by atoms with Crippen molar-refractivity contribution < 1.29 is 4.42 Å². The van der Waals surface area contributed by atoms with Crippen LogP contribution >= 0.6 is 22.7 Å². The summed E-state index contributed by atoms with van der Waals surface area (Å²) in [6, 6.07) is 76.1. The van der Waals surface area contributed by atoms with Crippen LogP contribution in [0, 0.1) is 0 Å². The van der Waals surface area contributed by atoms with Crippen molar-refractivity contribution in [2.75, 3.05) is 0 Å². The number of aromatic nitrogens is 1. The third kappa shape index (κ3) is 5.94. The van der Waals surface area contributed by atoms with E-state index in [1.165, 1.54) is 89.0 Å². The van der Waals surface area contributed by atoms with Crippen molar-refractivity contribution in [2.24, 2.45) is 4.99 Å². The van der Waals surface area contributed by atoms with Crippen LogP contribution in [0.25, 0.3) is 128 Å². The van der Waals surface area contributed by atoms with Gasteiger partial charge < -0.3 is 14.3 Å². The summed E-state index contributed by atoms with van der Waals surface area (Å²) >= 11 is 3.70. The van der Waals surface area contributed by atoms with Gasteiger partial charge in [-0.3, -0.25) is 4.99 Å². The third-order valence-electron chi connectivity index (χ3n) is 15.4. The molecule has 4 aromatic heterocycles. The fourth-order valence-electron chi connectivity index (χ4n) is 12.0. The molecule has 4 nitrogen and oxygen atoms in total. The Morgan fingerprint density at radius 2 is 1.08 bits per heavy atom. The van der Waals surface area contributed by atoms with E-state index in [-0.39, 0.29) is 0 Å².